The summed E-state index contributed by atoms with van der Waals surface area (Å²) in [5.74, 6) is 1.13. The van der Waals surface area contributed by atoms with Crippen LogP contribution in [0.15, 0.2) is 72.8 Å². The summed E-state index contributed by atoms with van der Waals surface area (Å²) in [4.78, 5) is 28.5. The maximum Gasteiger partial charge on any atom is 0.242 e. The second-order valence-electron chi connectivity index (χ2n) is 8.97. The Balaban J connectivity index is 1.85. The van der Waals surface area contributed by atoms with Crippen molar-refractivity contribution in [2.75, 3.05) is 20.3 Å². The normalized spacial score (nSPS) is 11.5. The van der Waals surface area contributed by atoms with Crippen molar-refractivity contribution >= 4 is 11.8 Å². The smallest absolute Gasteiger partial charge is 0.242 e. The highest BCUT2D eigenvalue weighted by atomic mass is 16.5. The third-order valence-corrected chi connectivity index (χ3v) is 6.23. The Kier molecular flexibility index (Phi) is 10.6. The number of likely N-dealkylation sites (N-methyl/N-ethyl adjacent to an activating group) is 1. The summed E-state index contributed by atoms with van der Waals surface area (Å²) >= 11 is 0. The predicted molar refractivity (Wildman–Crippen MR) is 147 cm³/mol. The third kappa shape index (κ3) is 8.10. The molecule has 0 saturated carbocycles. The van der Waals surface area contributed by atoms with Crippen molar-refractivity contribution in [2.45, 2.75) is 52.6 Å². The van der Waals surface area contributed by atoms with Crippen molar-refractivity contribution in [3.8, 4) is 11.5 Å². The van der Waals surface area contributed by atoms with Crippen LogP contribution < -0.4 is 14.8 Å². The first-order valence-electron chi connectivity index (χ1n) is 12.9. The standard InChI is InChI=1S/C31H38N2O4/c1-5-36-28-18-16-25(21-29(28)37-6-2)17-19-30(34)33(22-26-14-12-23(3)13-15-26)27(31(35)32-4)20-24-10-8-7-9-11-24/h7-16,18,21,27H,5-6,17,19-20,22H2,1-4H3,(H,32,35)/t27-/m1/s1. The van der Waals surface area contributed by atoms with Crippen LogP contribution in [0.25, 0.3) is 0 Å². The van der Waals surface area contributed by atoms with Crippen LogP contribution >= 0.6 is 0 Å². The van der Waals surface area contributed by atoms with E-state index in [4.69, 9.17) is 9.47 Å². The number of carbonyl (C=O) groups excluding carboxylic acids is 2. The van der Waals surface area contributed by atoms with E-state index in [2.05, 4.69) is 5.32 Å². The highest BCUT2D eigenvalue weighted by Gasteiger charge is 2.29. The van der Waals surface area contributed by atoms with Crippen LogP contribution in [0.3, 0.4) is 0 Å². The van der Waals surface area contributed by atoms with Crippen molar-refractivity contribution in [1.82, 2.24) is 10.2 Å². The number of aryl methyl sites for hydroxylation is 2. The number of rotatable bonds is 13. The Morgan fingerprint density at radius 2 is 1.49 bits per heavy atom. The molecule has 0 radical (unpaired) electrons. The zero-order valence-corrected chi connectivity index (χ0v) is 22.3. The summed E-state index contributed by atoms with van der Waals surface area (Å²) in [5, 5.41) is 2.77. The average molecular weight is 503 g/mol. The fourth-order valence-electron chi connectivity index (χ4n) is 4.26. The molecule has 0 aromatic heterocycles. The lowest BCUT2D eigenvalue weighted by molar-refractivity contribution is -0.141. The number of amides is 2. The molecular weight excluding hydrogens is 464 g/mol. The molecule has 1 atom stereocenters. The van der Waals surface area contributed by atoms with Gasteiger partial charge in [-0.1, -0.05) is 66.2 Å². The number of hydrogen-bond acceptors (Lipinski definition) is 4. The third-order valence-electron chi connectivity index (χ3n) is 6.23. The van der Waals surface area contributed by atoms with Crippen molar-refractivity contribution < 1.29 is 19.1 Å². The SMILES string of the molecule is CCOc1ccc(CCC(=O)N(Cc2ccc(C)cc2)[C@H](Cc2ccccc2)C(=O)NC)cc1OCC. The van der Waals surface area contributed by atoms with Gasteiger partial charge in [0.25, 0.3) is 0 Å². The molecule has 6 nitrogen and oxygen atoms in total. The van der Waals surface area contributed by atoms with Crippen LogP contribution in [0.4, 0.5) is 0 Å². The lowest BCUT2D eigenvalue weighted by Gasteiger charge is -2.31. The van der Waals surface area contributed by atoms with Crippen molar-refractivity contribution in [2.24, 2.45) is 0 Å². The topological polar surface area (TPSA) is 67.9 Å². The van der Waals surface area contributed by atoms with Gasteiger partial charge in [0, 0.05) is 26.4 Å². The Morgan fingerprint density at radius 3 is 2.14 bits per heavy atom. The molecule has 0 aliphatic heterocycles. The fraction of sp³-hybridized carbons (Fsp3) is 0.355. The molecule has 0 unspecified atom stereocenters. The van der Waals surface area contributed by atoms with Crippen LogP contribution in [0.1, 0.15) is 42.5 Å². The van der Waals surface area contributed by atoms with Gasteiger partial charge in [-0.05, 0) is 56.0 Å². The molecule has 0 spiro atoms. The van der Waals surface area contributed by atoms with E-state index >= 15 is 0 Å². The van der Waals surface area contributed by atoms with Crippen molar-refractivity contribution in [3.63, 3.8) is 0 Å². The van der Waals surface area contributed by atoms with E-state index in [0.717, 1.165) is 22.3 Å². The van der Waals surface area contributed by atoms with Crippen molar-refractivity contribution in [3.05, 3.63) is 95.1 Å². The Hall–Kier alpha value is -3.80. The van der Waals surface area contributed by atoms with E-state index < -0.39 is 6.04 Å². The van der Waals surface area contributed by atoms with Crippen LogP contribution in [0.5, 0.6) is 11.5 Å². The van der Waals surface area contributed by atoms with Gasteiger partial charge in [-0.25, -0.2) is 0 Å². The molecule has 3 aromatic carbocycles. The van der Waals surface area contributed by atoms with Crippen LogP contribution in [0.2, 0.25) is 0 Å². The maximum atomic E-state index is 13.7. The van der Waals surface area contributed by atoms with Crippen LogP contribution in [-0.2, 0) is 29.0 Å². The monoisotopic (exact) mass is 502 g/mol. The lowest BCUT2D eigenvalue weighted by Crippen LogP contribution is -2.49. The molecule has 2 amide bonds. The Morgan fingerprint density at radius 1 is 0.838 bits per heavy atom. The van der Waals surface area contributed by atoms with Crippen molar-refractivity contribution in [1.29, 1.82) is 0 Å². The minimum absolute atomic E-state index is 0.0723. The molecule has 196 valence electrons. The van der Waals surface area contributed by atoms with E-state index in [1.165, 1.54) is 0 Å². The molecule has 3 rings (SSSR count). The Bertz CT molecular complexity index is 1150. The zero-order chi connectivity index (χ0) is 26.6. The lowest BCUT2D eigenvalue weighted by atomic mass is 10.0. The molecule has 0 heterocycles. The summed E-state index contributed by atoms with van der Waals surface area (Å²) in [6.07, 6.45) is 1.24. The van der Waals surface area contributed by atoms with Crippen LogP contribution in [0, 0.1) is 6.92 Å². The van der Waals surface area contributed by atoms with Gasteiger partial charge >= 0.3 is 0 Å². The van der Waals surface area contributed by atoms with Gasteiger partial charge in [-0.3, -0.25) is 9.59 Å². The first-order valence-corrected chi connectivity index (χ1v) is 12.9. The average Bonchev–Trinajstić information content (AvgIpc) is 2.92. The first-order chi connectivity index (χ1) is 17.9. The Labute approximate surface area is 220 Å². The summed E-state index contributed by atoms with van der Waals surface area (Å²) in [6.45, 7) is 7.33. The predicted octanol–water partition coefficient (Wildman–Crippen LogP) is 5.11. The molecule has 3 aromatic rings. The number of hydrogen-bond donors (Lipinski definition) is 1. The number of ether oxygens (including phenoxy) is 2. The zero-order valence-electron chi connectivity index (χ0n) is 22.3. The molecule has 37 heavy (non-hydrogen) atoms. The number of nitrogens with zero attached hydrogens (tertiary/aromatic N) is 1. The van der Waals surface area contributed by atoms with E-state index in [-0.39, 0.29) is 18.2 Å². The second kappa shape index (κ2) is 14.1. The number of nitrogens with one attached hydrogen (secondary N) is 1. The number of benzene rings is 3. The number of carbonyl (C=O) groups is 2. The van der Waals surface area contributed by atoms with E-state index in [9.17, 15) is 9.59 Å². The summed E-state index contributed by atoms with van der Waals surface area (Å²) in [5.41, 5.74) is 4.12. The van der Waals surface area contributed by atoms with Gasteiger partial charge in [0.05, 0.1) is 13.2 Å². The minimum Gasteiger partial charge on any atom is -0.490 e. The van der Waals surface area contributed by atoms with Gasteiger partial charge < -0.3 is 19.7 Å². The fourth-order valence-corrected chi connectivity index (χ4v) is 4.26. The molecule has 0 aliphatic carbocycles. The summed E-state index contributed by atoms with van der Waals surface area (Å²) in [6, 6.07) is 23.1. The highest BCUT2D eigenvalue weighted by molar-refractivity contribution is 5.88. The molecule has 0 bridgehead atoms. The van der Waals surface area contributed by atoms with Crippen LogP contribution in [-0.4, -0.2) is 43.0 Å². The maximum absolute atomic E-state index is 13.7. The quantitative estimate of drug-likeness (QED) is 0.353. The molecule has 1 N–H and O–H groups in total. The molecular formula is C31H38N2O4. The summed E-state index contributed by atoms with van der Waals surface area (Å²) in [7, 11) is 1.62. The van der Waals surface area contributed by atoms with Gasteiger partial charge in [0.2, 0.25) is 11.8 Å². The minimum atomic E-state index is -0.625. The highest BCUT2D eigenvalue weighted by Crippen LogP contribution is 2.29. The van der Waals surface area contributed by atoms with E-state index in [1.807, 2.05) is 93.6 Å². The van der Waals surface area contributed by atoms with E-state index in [0.29, 0.717) is 44.1 Å². The summed E-state index contributed by atoms with van der Waals surface area (Å²) < 4.78 is 11.4. The molecule has 0 saturated heterocycles. The van der Waals surface area contributed by atoms with Gasteiger partial charge in [0.1, 0.15) is 6.04 Å². The first kappa shape index (κ1) is 27.8. The molecule has 0 aliphatic rings. The second-order valence-corrected chi connectivity index (χ2v) is 8.97. The van der Waals surface area contributed by atoms with Gasteiger partial charge in [-0.15, -0.1) is 0 Å². The van der Waals surface area contributed by atoms with E-state index in [1.54, 1.807) is 11.9 Å². The van der Waals surface area contributed by atoms with Gasteiger partial charge in [-0.2, -0.15) is 0 Å². The molecule has 0 fully saturated rings. The molecule has 6 heteroatoms. The van der Waals surface area contributed by atoms with Gasteiger partial charge in [0.15, 0.2) is 11.5 Å². The largest absolute Gasteiger partial charge is 0.490 e.